The van der Waals surface area contributed by atoms with Gasteiger partial charge >= 0.3 is 0 Å². The molecule has 0 bridgehead atoms. The molecule has 2 aromatic rings. The van der Waals surface area contributed by atoms with Gasteiger partial charge < -0.3 is 10.6 Å². The molecule has 2 aromatic carbocycles. The van der Waals surface area contributed by atoms with E-state index in [9.17, 15) is 22.4 Å². The molecular formula is C20H19ClFN5O4S. The van der Waals surface area contributed by atoms with E-state index in [1.54, 1.807) is 30.3 Å². The van der Waals surface area contributed by atoms with Crippen LogP contribution in [0.2, 0.25) is 5.02 Å². The van der Waals surface area contributed by atoms with E-state index < -0.39 is 39.9 Å². The molecule has 0 saturated carbocycles. The summed E-state index contributed by atoms with van der Waals surface area (Å²) in [5, 5.41) is 14.6. The molecule has 9 nitrogen and oxygen atoms in total. The fraction of sp³-hybridized carbons (Fsp3) is 0.250. The maximum atomic E-state index is 13.5. The van der Waals surface area contributed by atoms with Gasteiger partial charge in [-0.15, -0.1) is 0 Å². The van der Waals surface area contributed by atoms with Crippen molar-refractivity contribution in [2.24, 2.45) is 0 Å². The smallest absolute Gasteiger partial charge is 0.280 e. The highest BCUT2D eigenvalue weighted by molar-refractivity contribution is 7.87. The molecule has 0 aromatic heterocycles. The summed E-state index contributed by atoms with van der Waals surface area (Å²) in [4.78, 5) is 25.4. The van der Waals surface area contributed by atoms with E-state index in [2.05, 4.69) is 15.4 Å². The average molecular weight is 480 g/mol. The number of nitriles is 1. The third kappa shape index (κ3) is 5.41. The van der Waals surface area contributed by atoms with E-state index in [1.807, 2.05) is 0 Å². The normalized spacial score (nSPS) is 20.2. The van der Waals surface area contributed by atoms with E-state index in [1.165, 1.54) is 13.1 Å². The van der Waals surface area contributed by atoms with E-state index in [-0.39, 0.29) is 24.2 Å². The predicted octanol–water partition coefficient (Wildman–Crippen LogP) is 1.51. The monoisotopic (exact) mass is 479 g/mol. The summed E-state index contributed by atoms with van der Waals surface area (Å²) in [5.41, 5.74) is 0.618. The second-order valence-electron chi connectivity index (χ2n) is 7.08. The lowest BCUT2D eigenvalue weighted by Gasteiger charge is -2.35. The van der Waals surface area contributed by atoms with Gasteiger partial charge in [-0.05, 0) is 42.3 Å². The molecule has 0 aliphatic carbocycles. The van der Waals surface area contributed by atoms with Crippen molar-refractivity contribution in [3.05, 3.63) is 64.4 Å². The number of likely N-dealkylation sites (N-methyl/N-ethyl adjacent to an activating group) is 1. The van der Waals surface area contributed by atoms with Crippen molar-refractivity contribution >= 4 is 39.3 Å². The van der Waals surface area contributed by atoms with Crippen molar-refractivity contribution in [3.63, 3.8) is 0 Å². The van der Waals surface area contributed by atoms with Gasteiger partial charge in [0.25, 0.3) is 10.2 Å². The quantitative estimate of drug-likeness (QED) is 0.598. The highest BCUT2D eigenvalue weighted by Crippen LogP contribution is 2.20. The molecule has 1 aliphatic heterocycles. The number of anilines is 1. The number of rotatable bonds is 5. The molecule has 32 heavy (non-hydrogen) atoms. The summed E-state index contributed by atoms with van der Waals surface area (Å²) in [6, 6.07) is 9.44. The Balaban J connectivity index is 1.71. The number of carbonyl (C=O) groups is 2. The van der Waals surface area contributed by atoms with Crippen LogP contribution in [0.4, 0.5) is 10.1 Å². The predicted molar refractivity (Wildman–Crippen MR) is 115 cm³/mol. The van der Waals surface area contributed by atoms with Crippen molar-refractivity contribution < 1.29 is 22.4 Å². The van der Waals surface area contributed by atoms with Crippen LogP contribution in [0.5, 0.6) is 0 Å². The molecule has 1 fully saturated rings. The molecule has 3 N–H and O–H groups in total. The minimum absolute atomic E-state index is 0.126. The summed E-state index contributed by atoms with van der Waals surface area (Å²) in [6.07, 6.45) is -0.139. The second-order valence-corrected chi connectivity index (χ2v) is 9.28. The Morgan fingerprint density at radius 1 is 1.25 bits per heavy atom. The van der Waals surface area contributed by atoms with Gasteiger partial charge in [-0.1, -0.05) is 23.7 Å². The Labute approximate surface area is 189 Å². The number of nitrogens with one attached hydrogen (secondary N) is 3. The molecule has 2 amide bonds. The number of hydrogen-bond donors (Lipinski definition) is 3. The van der Waals surface area contributed by atoms with Crippen molar-refractivity contribution in [3.8, 4) is 6.07 Å². The van der Waals surface area contributed by atoms with Crippen LogP contribution in [-0.2, 0) is 26.3 Å². The Morgan fingerprint density at radius 3 is 2.59 bits per heavy atom. The summed E-state index contributed by atoms with van der Waals surface area (Å²) >= 11 is 5.83. The van der Waals surface area contributed by atoms with Gasteiger partial charge in [0.05, 0.1) is 5.56 Å². The largest absolute Gasteiger partial charge is 0.351 e. The van der Waals surface area contributed by atoms with Crippen LogP contribution in [0.25, 0.3) is 0 Å². The number of benzene rings is 2. The first-order chi connectivity index (χ1) is 15.1. The summed E-state index contributed by atoms with van der Waals surface area (Å²) < 4.78 is 41.5. The summed E-state index contributed by atoms with van der Waals surface area (Å²) in [7, 11) is -2.91. The molecule has 1 heterocycles. The number of nitrogens with zero attached hydrogens (tertiary/aromatic N) is 2. The summed E-state index contributed by atoms with van der Waals surface area (Å²) in [5.74, 6) is -2.06. The molecule has 168 valence electrons. The van der Waals surface area contributed by atoms with E-state index >= 15 is 0 Å². The SMILES string of the molecule is CN1C(C(=O)Nc2ccc(F)c(C#N)c2)CC(C(=O)NCc2ccc(Cl)cc2)NS1(=O)=O. The van der Waals surface area contributed by atoms with Crippen LogP contribution in [0, 0.1) is 17.1 Å². The molecule has 2 atom stereocenters. The Hall–Kier alpha value is -3.04. The maximum absolute atomic E-state index is 13.5. The zero-order valence-corrected chi connectivity index (χ0v) is 18.4. The van der Waals surface area contributed by atoms with Crippen LogP contribution in [0.1, 0.15) is 17.5 Å². The van der Waals surface area contributed by atoms with Crippen LogP contribution >= 0.6 is 11.6 Å². The Bertz CT molecular complexity index is 1180. The second kappa shape index (κ2) is 9.62. The minimum Gasteiger partial charge on any atom is -0.351 e. The molecule has 2 unspecified atom stereocenters. The molecular weight excluding hydrogens is 461 g/mol. The number of hydrogen-bond acceptors (Lipinski definition) is 5. The van der Waals surface area contributed by atoms with Gasteiger partial charge in [0, 0.05) is 24.3 Å². The molecule has 1 saturated heterocycles. The van der Waals surface area contributed by atoms with Gasteiger partial charge in [0.1, 0.15) is 24.0 Å². The average Bonchev–Trinajstić information content (AvgIpc) is 2.76. The standard InChI is InChI=1S/C20H19ClFN5O4S/c1-27-18(20(29)25-15-6-7-16(22)13(8-15)10-23)9-17(26-32(27,30)31)19(28)24-11-12-2-4-14(21)5-3-12/h2-8,17-18,26H,9,11H2,1H3,(H,24,28)(H,25,29). The topological polar surface area (TPSA) is 131 Å². The van der Waals surface area contributed by atoms with E-state index in [0.29, 0.717) is 5.02 Å². The first-order valence-electron chi connectivity index (χ1n) is 9.38. The fourth-order valence-corrected chi connectivity index (χ4v) is 4.48. The molecule has 1 aliphatic rings. The van der Waals surface area contributed by atoms with Crippen LogP contribution in [-0.4, -0.2) is 43.7 Å². The van der Waals surface area contributed by atoms with Crippen molar-refractivity contribution in [1.29, 1.82) is 5.26 Å². The van der Waals surface area contributed by atoms with Crippen molar-refractivity contribution in [2.75, 3.05) is 12.4 Å². The Kier molecular flexibility index (Phi) is 7.10. The van der Waals surface area contributed by atoms with Crippen LogP contribution in [0.15, 0.2) is 42.5 Å². The van der Waals surface area contributed by atoms with Crippen LogP contribution < -0.4 is 15.4 Å². The molecule has 0 spiro atoms. The van der Waals surface area contributed by atoms with Crippen molar-refractivity contribution in [1.82, 2.24) is 14.3 Å². The highest BCUT2D eigenvalue weighted by Gasteiger charge is 2.42. The third-order valence-electron chi connectivity index (χ3n) is 4.92. The van der Waals surface area contributed by atoms with Crippen LogP contribution in [0.3, 0.4) is 0 Å². The lowest BCUT2D eigenvalue weighted by atomic mass is 10.1. The number of carbonyl (C=O) groups excluding carboxylic acids is 2. The van der Waals surface area contributed by atoms with Gasteiger partial charge in [-0.2, -0.15) is 22.7 Å². The highest BCUT2D eigenvalue weighted by atomic mass is 35.5. The number of amides is 2. The third-order valence-corrected chi connectivity index (χ3v) is 6.77. The minimum atomic E-state index is -4.12. The van der Waals surface area contributed by atoms with Gasteiger partial charge in [0.2, 0.25) is 11.8 Å². The maximum Gasteiger partial charge on any atom is 0.280 e. The fourth-order valence-electron chi connectivity index (χ4n) is 3.11. The van der Waals surface area contributed by atoms with E-state index in [4.69, 9.17) is 16.9 Å². The van der Waals surface area contributed by atoms with Gasteiger partial charge in [-0.3, -0.25) is 9.59 Å². The Morgan fingerprint density at radius 2 is 1.94 bits per heavy atom. The van der Waals surface area contributed by atoms with Gasteiger partial charge in [-0.25, -0.2) is 4.39 Å². The summed E-state index contributed by atoms with van der Waals surface area (Å²) in [6.45, 7) is 0.146. The zero-order chi connectivity index (χ0) is 23.5. The molecule has 0 radical (unpaired) electrons. The first kappa shape index (κ1) is 23.6. The lowest BCUT2D eigenvalue weighted by Crippen LogP contribution is -2.62. The van der Waals surface area contributed by atoms with Gasteiger partial charge in [0.15, 0.2) is 0 Å². The van der Waals surface area contributed by atoms with Crippen molar-refractivity contribution in [2.45, 2.75) is 25.0 Å². The molecule has 12 heteroatoms. The molecule has 3 rings (SSSR count). The number of halogens is 2. The van der Waals surface area contributed by atoms with E-state index in [0.717, 1.165) is 22.0 Å². The zero-order valence-electron chi connectivity index (χ0n) is 16.8. The first-order valence-corrected chi connectivity index (χ1v) is 11.2. The lowest BCUT2D eigenvalue weighted by molar-refractivity contribution is -0.124.